The zero-order valence-electron chi connectivity index (χ0n) is 11.7. The van der Waals surface area contributed by atoms with Gasteiger partial charge in [-0.05, 0) is 40.6 Å². The highest BCUT2D eigenvalue weighted by Crippen LogP contribution is 2.23. The first-order valence-corrected chi connectivity index (χ1v) is 8.61. The molecule has 0 unspecified atom stereocenters. The molecule has 0 aromatic carbocycles. The minimum Gasteiger partial charge on any atom is -0.348 e. The normalized spacial score (nSPS) is 10.9. The van der Waals surface area contributed by atoms with Crippen molar-refractivity contribution in [3.63, 3.8) is 0 Å². The van der Waals surface area contributed by atoms with Crippen molar-refractivity contribution in [1.29, 1.82) is 0 Å². The molecule has 0 radical (unpaired) electrons. The summed E-state index contributed by atoms with van der Waals surface area (Å²) in [7, 11) is 0. The number of carbonyl (C=O) groups is 1. The summed E-state index contributed by atoms with van der Waals surface area (Å²) < 4.78 is 0. The van der Waals surface area contributed by atoms with Crippen LogP contribution in [-0.2, 0) is 11.3 Å². The molecule has 0 aliphatic heterocycles. The zero-order valence-corrected chi connectivity index (χ0v) is 13.4. The van der Waals surface area contributed by atoms with Crippen LogP contribution in [0.3, 0.4) is 0 Å². The third-order valence-electron chi connectivity index (χ3n) is 3.08. The van der Waals surface area contributed by atoms with Crippen LogP contribution in [0.1, 0.15) is 10.4 Å². The van der Waals surface area contributed by atoms with Crippen LogP contribution >= 0.6 is 22.7 Å². The SMILES string of the molecule is O=C(C=Cc1cccs1)NCc1cccnc1-c1ccsc1. The molecule has 0 bridgehead atoms. The van der Waals surface area contributed by atoms with E-state index < -0.39 is 0 Å². The van der Waals surface area contributed by atoms with Crippen molar-refractivity contribution in [2.45, 2.75) is 6.54 Å². The summed E-state index contributed by atoms with van der Waals surface area (Å²) in [5, 5.41) is 8.98. The van der Waals surface area contributed by atoms with Crippen molar-refractivity contribution in [1.82, 2.24) is 10.3 Å². The minimum absolute atomic E-state index is 0.103. The molecule has 3 aromatic heterocycles. The maximum Gasteiger partial charge on any atom is 0.244 e. The number of carbonyl (C=O) groups excluding carboxylic acids is 1. The molecule has 0 saturated heterocycles. The van der Waals surface area contributed by atoms with E-state index in [-0.39, 0.29) is 5.91 Å². The molecule has 110 valence electrons. The molecule has 0 aliphatic rings. The van der Waals surface area contributed by atoms with Crippen molar-refractivity contribution in [3.05, 3.63) is 69.2 Å². The Morgan fingerprint density at radius 2 is 2.18 bits per heavy atom. The molecule has 0 aliphatic carbocycles. The van der Waals surface area contributed by atoms with Crippen molar-refractivity contribution < 1.29 is 4.79 Å². The first-order chi connectivity index (χ1) is 10.8. The van der Waals surface area contributed by atoms with E-state index in [0.717, 1.165) is 21.7 Å². The van der Waals surface area contributed by atoms with Crippen LogP contribution in [0, 0.1) is 0 Å². The minimum atomic E-state index is -0.103. The van der Waals surface area contributed by atoms with Gasteiger partial charge in [-0.25, -0.2) is 0 Å². The van der Waals surface area contributed by atoms with Gasteiger partial charge in [-0.1, -0.05) is 12.1 Å². The summed E-state index contributed by atoms with van der Waals surface area (Å²) >= 11 is 3.24. The Kier molecular flexibility index (Phi) is 4.78. The molecule has 3 aromatic rings. The molecule has 22 heavy (non-hydrogen) atoms. The Bertz CT molecular complexity index is 762. The predicted molar refractivity (Wildman–Crippen MR) is 92.7 cm³/mol. The van der Waals surface area contributed by atoms with E-state index in [2.05, 4.69) is 15.7 Å². The fourth-order valence-corrected chi connectivity index (χ4v) is 3.28. The van der Waals surface area contributed by atoms with Crippen molar-refractivity contribution in [3.8, 4) is 11.3 Å². The van der Waals surface area contributed by atoms with Gasteiger partial charge in [0.2, 0.25) is 5.91 Å². The van der Waals surface area contributed by atoms with E-state index in [0.29, 0.717) is 6.54 Å². The van der Waals surface area contributed by atoms with Crippen LogP contribution in [0.5, 0.6) is 0 Å². The molecule has 1 amide bonds. The molecule has 3 nitrogen and oxygen atoms in total. The Hall–Kier alpha value is -2.24. The second-order valence-electron chi connectivity index (χ2n) is 4.59. The molecule has 1 N–H and O–H groups in total. The third-order valence-corrected chi connectivity index (χ3v) is 4.60. The summed E-state index contributed by atoms with van der Waals surface area (Å²) in [6.07, 6.45) is 5.16. The van der Waals surface area contributed by atoms with Gasteiger partial charge < -0.3 is 5.32 Å². The lowest BCUT2D eigenvalue weighted by molar-refractivity contribution is -0.116. The number of nitrogens with one attached hydrogen (secondary N) is 1. The second-order valence-corrected chi connectivity index (χ2v) is 6.35. The van der Waals surface area contributed by atoms with Crippen molar-refractivity contribution in [2.24, 2.45) is 0 Å². The molecule has 3 rings (SSSR count). The lowest BCUT2D eigenvalue weighted by Gasteiger charge is -2.07. The standard InChI is InChI=1S/C17H14N2OS2/c20-16(6-5-15-4-2-9-22-15)19-11-13-3-1-8-18-17(13)14-7-10-21-12-14/h1-10,12H,11H2,(H,19,20). The van der Waals surface area contributed by atoms with Gasteiger partial charge in [0.05, 0.1) is 5.69 Å². The number of hydrogen-bond donors (Lipinski definition) is 1. The number of rotatable bonds is 5. The molecular weight excluding hydrogens is 312 g/mol. The van der Waals surface area contributed by atoms with Crippen LogP contribution in [0.25, 0.3) is 17.3 Å². The molecule has 0 atom stereocenters. The predicted octanol–water partition coefficient (Wildman–Crippen LogP) is 4.20. The maximum atomic E-state index is 11.9. The summed E-state index contributed by atoms with van der Waals surface area (Å²) in [6, 6.07) is 9.85. The van der Waals surface area contributed by atoms with Crippen LogP contribution in [-0.4, -0.2) is 10.9 Å². The highest BCUT2D eigenvalue weighted by atomic mass is 32.1. The Morgan fingerprint density at radius 3 is 2.95 bits per heavy atom. The van der Waals surface area contributed by atoms with Gasteiger partial charge in [-0.2, -0.15) is 11.3 Å². The fourth-order valence-electron chi connectivity index (χ4n) is 2.03. The molecular formula is C17H14N2OS2. The van der Waals surface area contributed by atoms with E-state index in [1.54, 1.807) is 34.9 Å². The Labute approximate surface area is 137 Å². The second kappa shape index (κ2) is 7.15. The van der Waals surface area contributed by atoms with Gasteiger partial charge in [0, 0.05) is 34.6 Å². The highest BCUT2D eigenvalue weighted by molar-refractivity contribution is 7.10. The van der Waals surface area contributed by atoms with Gasteiger partial charge in [0.1, 0.15) is 0 Å². The fraction of sp³-hybridized carbons (Fsp3) is 0.0588. The van der Waals surface area contributed by atoms with Crippen molar-refractivity contribution >= 4 is 34.7 Å². The molecule has 0 spiro atoms. The number of pyridine rings is 1. The first kappa shape index (κ1) is 14.7. The van der Waals surface area contributed by atoms with Gasteiger partial charge in [0.25, 0.3) is 0 Å². The lowest BCUT2D eigenvalue weighted by Crippen LogP contribution is -2.20. The summed E-state index contributed by atoms with van der Waals surface area (Å²) in [6.45, 7) is 0.465. The van der Waals surface area contributed by atoms with E-state index >= 15 is 0 Å². The molecule has 3 heterocycles. The van der Waals surface area contributed by atoms with Crippen LogP contribution in [0.4, 0.5) is 0 Å². The van der Waals surface area contributed by atoms with Gasteiger partial charge in [-0.3, -0.25) is 9.78 Å². The quantitative estimate of drug-likeness (QED) is 0.714. The number of hydrogen-bond acceptors (Lipinski definition) is 4. The molecule has 0 saturated carbocycles. The Morgan fingerprint density at radius 1 is 1.23 bits per heavy atom. The average Bonchev–Trinajstić information content (AvgIpc) is 3.24. The largest absolute Gasteiger partial charge is 0.348 e. The Balaban J connectivity index is 1.66. The smallest absolute Gasteiger partial charge is 0.244 e. The van der Waals surface area contributed by atoms with Gasteiger partial charge >= 0.3 is 0 Å². The maximum absolute atomic E-state index is 11.9. The number of nitrogens with zero attached hydrogens (tertiary/aromatic N) is 1. The summed E-state index contributed by atoms with van der Waals surface area (Å²) in [5.74, 6) is -0.103. The zero-order chi connectivity index (χ0) is 15.2. The van der Waals surface area contributed by atoms with Crippen LogP contribution in [0.15, 0.2) is 58.7 Å². The number of thiophene rings is 2. The highest BCUT2D eigenvalue weighted by Gasteiger charge is 2.07. The molecule has 0 fully saturated rings. The summed E-state index contributed by atoms with van der Waals surface area (Å²) in [4.78, 5) is 17.4. The monoisotopic (exact) mass is 326 g/mol. The number of aromatic nitrogens is 1. The van der Waals surface area contributed by atoms with E-state index in [9.17, 15) is 4.79 Å². The summed E-state index contributed by atoms with van der Waals surface area (Å²) in [5.41, 5.74) is 3.02. The van der Waals surface area contributed by atoms with Gasteiger partial charge in [-0.15, -0.1) is 11.3 Å². The van der Waals surface area contributed by atoms with Crippen molar-refractivity contribution in [2.75, 3.05) is 0 Å². The number of amides is 1. The third kappa shape index (κ3) is 3.69. The average molecular weight is 326 g/mol. The molecule has 5 heteroatoms. The van der Waals surface area contributed by atoms with Crippen LogP contribution < -0.4 is 5.32 Å². The first-order valence-electron chi connectivity index (χ1n) is 6.79. The lowest BCUT2D eigenvalue weighted by atomic mass is 10.1. The van der Waals surface area contributed by atoms with E-state index in [1.165, 1.54) is 0 Å². The van der Waals surface area contributed by atoms with E-state index in [4.69, 9.17) is 0 Å². The van der Waals surface area contributed by atoms with E-state index in [1.807, 2.05) is 47.2 Å². The van der Waals surface area contributed by atoms with Crippen LogP contribution in [0.2, 0.25) is 0 Å². The topological polar surface area (TPSA) is 42.0 Å². The van der Waals surface area contributed by atoms with Gasteiger partial charge in [0.15, 0.2) is 0 Å².